The fraction of sp³-hybridized carbons (Fsp3) is 0.769. The molecular formula is C13H26N6. The smallest absolute Gasteiger partial charge is 0.231 e. The average molecular weight is 266 g/mol. The Kier molecular flexibility index (Phi) is 6.32. The first-order valence-corrected chi connectivity index (χ1v) is 7.00. The summed E-state index contributed by atoms with van der Waals surface area (Å²) in [5, 5.41) is 6.47. The Morgan fingerprint density at radius 2 is 1.79 bits per heavy atom. The zero-order chi connectivity index (χ0) is 14.3. The summed E-state index contributed by atoms with van der Waals surface area (Å²) in [6, 6.07) is 0.367. The largest absolute Gasteiger partial charge is 0.354 e. The molecule has 0 spiro atoms. The highest BCUT2D eigenvalue weighted by molar-refractivity contribution is 5.43. The lowest BCUT2D eigenvalue weighted by Crippen LogP contribution is -2.21. The molecule has 1 unspecified atom stereocenters. The first-order chi connectivity index (χ1) is 9.06. The predicted molar refractivity (Wildman–Crippen MR) is 80.9 cm³/mol. The van der Waals surface area contributed by atoms with Crippen molar-refractivity contribution in [2.45, 2.75) is 46.1 Å². The lowest BCUT2D eigenvalue weighted by Gasteiger charge is -2.16. The van der Waals surface area contributed by atoms with Gasteiger partial charge in [0.15, 0.2) is 0 Å². The van der Waals surface area contributed by atoms with Gasteiger partial charge in [-0.3, -0.25) is 0 Å². The summed E-state index contributed by atoms with van der Waals surface area (Å²) in [6.07, 6.45) is 3.53. The summed E-state index contributed by atoms with van der Waals surface area (Å²) in [4.78, 5) is 15.0. The summed E-state index contributed by atoms with van der Waals surface area (Å²) < 4.78 is 0. The Labute approximate surface area is 116 Å². The van der Waals surface area contributed by atoms with E-state index in [1.54, 1.807) is 0 Å². The van der Waals surface area contributed by atoms with Crippen molar-refractivity contribution in [3.8, 4) is 0 Å². The van der Waals surface area contributed by atoms with Gasteiger partial charge in [-0.05, 0) is 20.3 Å². The Hall–Kier alpha value is -1.59. The highest BCUT2D eigenvalue weighted by atomic mass is 15.3. The second kappa shape index (κ2) is 7.76. The average Bonchev–Trinajstić information content (AvgIpc) is 2.36. The van der Waals surface area contributed by atoms with E-state index in [4.69, 9.17) is 0 Å². The minimum Gasteiger partial charge on any atom is -0.354 e. The fourth-order valence-corrected chi connectivity index (χ4v) is 1.67. The van der Waals surface area contributed by atoms with Gasteiger partial charge < -0.3 is 15.5 Å². The quantitative estimate of drug-likeness (QED) is 0.753. The van der Waals surface area contributed by atoms with Crippen molar-refractivity contribution in [3.05, 3.63) is 0 Å². The number of hydrogen-bond donors (Lipinski definition) is 2. The molecule has 1 aromatic heterocycles. The lowest BCUT2D eigenvalue weighted by atomic mass is 10.1. The fourth-order valence-electron chi connectivity index (χ4n) is 1.67. The van der Waals surface area contributed by atoms with Crippen LogP contribution in [0.3, 0.4) is 0 Å². The highest BCUT2D eigenvalue weighted by Gasteiger charge is 2.09. The number of unbranched alkanes of at least 4 members (excludes halogenated alkanes) is 1. The van der Waals surface area contributed by atoms with Gasteiger partial charge >= 0.3 is 0 Å². The molecule has 0 fully saturated rings. The Balaban J connectivity index is 2.80. The van der Waals surface area contributed by atoms with Crippen molar-refractivity contribution >= 4 is 17.8 Å². The molecule has 0 saturated heterocycles. The molecule has 1 aromatic rings. The lowest BCUT2D eigenvalue weighted by molar-refractivity contribution is 0.640. The Morgan fingerprint density at radius 3 is 2.37 bits per heavy atom. The predicted octanol–water partition coefficient (Wildman–Crippen LogP) is 2.36. The summed E-state index contributed by atoms with van der Waals surface area (Å²) in [5.74, 6) is 1.92. The van der Waals surface area contributed by atoms with Crippen LogP contribution >= 0.6 is 0 Å². The van der Waals surface area contributed by atoms with Crippen LogP contribution in [0.4, 0.5) is 17.8 Å². The van der Waals surface area contributed by atoms with E-state index >= 15 is 0 Å². The van der Waals surface area contributed by atoms with Crippen molar-refractivity contribution in [3.63, 3.8) is 0 Å². The van der Waals surface area contributed by atoms with E-state index < -0.39 is 0 Å². The van der Waals surface area contributed by atoms with Gasteiger partial charge in [0.2, 0.25) is 17.8 Å². The van der Waals surface area contributed by atoms with Gasteiger partial charge in [0.05, 0.1) is 0 Å². The molecule has 0 bridgehead atoms. The molecule has 0 aromatic carbocycles. The highest BCUT2D eigenvalue weighted by Crippen LogP contribution is 2.13. The third-order valence-electron chi connectivity index (χ3n) is 2.72. The van der Waals surface area contributed by atoms with Gasteiger partial charge in [0.1, 0.15) is 0 Å². The van der Waals surface area contributed by atoms with E-state index in [-0.39, 0.29) is 0 Å². The molecule has 2 N–H and O–H groups in total. The van der Waals surface area contributed by atoms with Crippen LogP contribution in [0.5, 0.6) is 0 Å². The molecule has 6 nitrogen and oxygen atoms in total. The number of aromatic nitrogens is 3. The van der Waals surface area contributed by atoms with Crippen LogP contribution in [0.2, 0.25) is 0 Å². The number of nitrogens with one attached hydrogen (secondary N) is 2. The number of anilines is 3. The van der Waals surface area contributed by atoms with E-state index in [9.17, 15) is 0 Å². The molecule has 0 radical (unpaired) electrons. The van der Waals surface area contributed by atoms with E-state index in [2.05, 4.69) is 39.4 Å². The molecule has 0 saturated carbocycles. The summed E-state index contributed by atoms with van der Waals surface area (Å²) in [6.45, 7) is 7.17. The zero-order valence-electron chi connectivity index (χ0n) is 12.7. The minimum absolute atomic E-state index is 0.367. The Bertz CT molecular complexity index is 379. The van der Waals surface area contributed by atoms with Crippen LogP contribution in [0.25, 0.3) is 0 Å². The van der Waals surface area contributed by atoms with Crippen molar-refractivity contribution in [2.24, 2.45) is 0 Å². The summed E-state index contributed by atoms with van der Waals surface area (Å²) in [5.41, 5.74) is 0. The molecule has 1 heterocycles. The van der Waals surface area contributed by atoms with Crippen molar-refractivity contribution < 1.29 is 0 Å². The van der Waals surface area contributed by atoms with Gasteiger partial charge in [0.25, 0.3) is 0 Å². The minimum atomic E-state index is 0.367. The van der Waals surface area contributed by atoms with E-state index in [1.165, 1.54) is 12.8 Å². The van der Waals surface area contributed by atoms with Crippen molar-refractivity contribution in [1.29, 1.82) is 0 Å². The number of hydrogen-bond acceptors (Lipinski definition) is 6. The second-order valence-corrected chi connectivity index (χ2v) is 4.89. The third-order valence-corrected chi connectivity index (χ3v) is 2.72. The van der Waals surface area contributed by atoms with E-state index in [0.717, 1.165) is 13.0 Å². The second-order valence-electron chi connectivity index (χ2n) is 4.89. The van der Waals surface area contributed by atoms with Crippen molar-refractivity contribution in [2.75, 3.05) is 36.2 Å². The van der Waals surface area contributed by atoms with Crippen LogP contribution < -0.4 is 15.5 Å². The van der Waals surface area contributed by atoms with Crippen LogP contribution in [-0.4, -0.2) is 41.6 Å². The molecule has 108 valence electrons. The van der Waals surface area contributed by atoms with Crippen molar-refractivity contribution in [1.82, 2.24) is 15.0 Å². The molecule has 1 rings (SSSR count). The maximum Gasteiger partial charge on any atom is 0.231 e. The van der Waals surface area contributed by atoms with Gasteiger partial charge in [-0.1, -0.05) is 19.8 Å². The van der Waals surface area contributed by atoms with E-state index in [0.29, 0.717) is 23.9 Å². The normalized spacial score (nSPS) is 12.1. The number of nitrogens with zero attached hydrogens (tertiary/aromatic N) is 4. The summed E-state index contributed by atoms with van der Waals surface area (Å²) in [7, 11) is 3.85. The molecule has 6 heteroatoms. The standard InChI is InChI=1S/C13H26N6/c1-6-8-9-10(3)15-12-16-11(14-7-2)17-13(18-12)19(4)5/h10H,6-9H2,1-5H3,(H2,14,15,16,17,18). The van der Waals surface area contributed by atoms with Gasteiger partial charge in [-0.2, -0.15) is 15.0 Å². The number of rotatable bonds is 8. The topological polar surface area (TPSA) is 66.0 Å². The zero-order valence-corrected chi connectivity index (χ0v) is 12.7. The molecule has 19 heavy (non-hydrogen) atoms. The van der Waals surface area contributed by atoms with Gasteiger partial charge in [-0.15, -0.1) is 0 Å². The van der Waals surface area contributed by atoms with Crippen LogP contribution in [0.1, 0.15) is 40.0 Å². The molecule has 1 atom stereocenters. The summed E-state index contributed by atoms with van der Waals surface area (Å²) >= 11 is 0. The molecule has 0 amide bonds. The first kappa shape index (κ1) is 15.5. The van der Waals surface area contributed by atoms with Gasteiger partial charge in [-0.25, -0.2) is 0 Å². The maximum absolute atomic E-state index is 4.42. The SMILES string of the molecule is CCCCC(C)Nc1nc(NCC)nc(N(C)C)n1. The molecule has 0 aliphatic heterocycles. The van der Waals surface area contributed by atoms with Gasteiger partial charge in [0, 0.05) is 26.7 Å². The van der Waals surface area contributed by atoms with Crippen LogP contribution in [0, 0.1) is 0 Å². The first-order valence-electron chi connectivity index (χ1n) is 7.00. The molecule has 0 aliphatic carbocycles. The van der Waals surface area contributed by atoms with E-state index in [1.807, 2.05) is 25.9 Å². The monoisotopic (exact) mass is 266 g/mol. The third kappa shape index (κ3) is 5.28. The van der Waals surface area contributed by atoms with Crippen LogP contribution in [0.15, 0.2) is 0 Å². The Morgan fingerprint density at radius 1 is 1.11 bits per heavy atom. The maximum atomic E-state index is 4.42. The molecule has 0 aliphatic rings. The van der Waals surface area contributed by atoms with Crippen LogP contribution in [-0.2, 0) is 0 Å². The molecular weight excluding hydrogens is 240 g/mol.